The largest absolute Gasteiger partial charge is 0.370 e. The Morgan fingerprint density at radius 1 is 1.15 bits per heavy atom. The highest BCUT2D eigenvalue weighted by atomic mass is 32.1. The van der Waals surface area contributed by atoms with Crippen LogP contribution in [0.5, 0.6) is 0 Å². The zero-order valence-electron chi connectivity index (χ0n) is 14.9. The molecule has 0 saturated carbocycles. The van der Waals surface area contributed by atoms with Crippen molar-refractivity contribution in [3.63, 3.8) is 0 Å². The van der Waals surface area contributed by atoms with E-state index < -0.39 is 0 Å². The Morgan fingerprint density at radius 2 is 2.00 bits per heavy atom. The molecule has 0 amide bonds. The van der Waals surface area contributed by atoms with Crippen LogP contribution in [0.2, 0.25) is 0 Å². The summed E-state index contributed by atoms with van der Waals surface area (Å²) in [6.07, 6.45) is 0.284. The fraction of sp³-hybridized carbons (Fsp3) is 0.300. The maximum atomic E-state index is 13.8. The van der Waals surface area contributed by atoms with E-state index in [-0.39, 0.29) is 17.7 Å². The van der Waals surface area contributed by atoms with Crippen molar-refractivity contribution < 1.29 is 13.5 Å². The first-order chi connectivity index (χ1) is 13.1. The molecular formula is C20H19F2N3OS. The summed E-state index contributed by atoms with van der Waals surface area (Å²) < 4.78 is 33.2. The fourth-order valence-corrected chi connectivity index (χ4v) is 4.04. The Bertz CT molecular complexity index is 946. The molecule has 1 atom stereocenters. The summed E-state index contributed by atoms with van der Waals surface area (Å²) in [6.45, 7) is 3.65. The molecule has 140 valence electrons. The number of rotatable bonds is 4. The van der Waals surface area contributed by atoms with Crippen molar-refractivity contribution in [2.24, 2.45) is 0 Å². The molecule has 0 aliphatic carbocycles. The van der Waals surface area contributed by atoms with Crippen LogP contribution >= 0.6 is 11.3 Å². The summed E-state index contributed by atoms with van der Waals surface area (Å²) in [4.78, 5) is 2.12. The Labute approximate surface area is 160 Å². The Morgan fingerprint density at radius 3 is 2.81 bits per heavy atom. The minimum absolute atomic E-state index is 0.142. The number of halogens is 2. The number of morpholine rings is 1. The molecule has 1 aliphatic heterocycles. The lowest BCUT2D eigenvalue weighted by atomic mass is 10.0. The van der Waals surface area contributed by atoms with E-state index in [1.165, 1.54) is 23.5 Å². The van der Waals surface area contributed by atoms with Gasteiger partial charge in [0.15, 0.2) is 0 Å². The molecule has 2 heterocycles. The maximum absolute atomic E-state index is 13.8. The molecule has 1 aliphatic rings. The second kappa shape index (κ2) is 7.70. The Balaban J connectivity index is 1.48. The van der Waals surface area contributed by atoms with Gasteiger partial charge in [0.25, 0.3) is 0 Å². The SMILES string of the molecule is Cc1cc(C2CN(c3nnc(Cc4ccccc4F)s3)CCO2)ccc1F. The molecule has 7 heteroatoms. The van der Waals surface area contributed by atoms with Crippen LogP contribution in [0.3, 0.4) is 0 Å². The average Bonchev–Trinajstić information content (AvgIpc) is 3.15. The highest BCUT2D eigenvalue weighted by Crippen LogP contribution is 2.29. The van der Waals surface area contributed by atoms with Crippen LogP contribution in [0.4, 0.5) is 13.9 Å². The Kier molecular flexibility index (Phi) is 5.13. The van der Waals surface area contributed by atoms with Gasteiger partial charge < -0.3 is 9.64 Å². The first kappa shape index (κ1) is 18.0. The summed E-state index contributed by atoms with van der Waals surface area (Å²) >= 11 is 1.47. The van der Waals surface area contributed by atoms with Crippen molar-refractivity contribution in [2.75, 3.05) is 24.6 Å². The summed E-state index contributed by atoms with van der Waals surface area (Å²) in [5, 5.41) is 10.1. The summed E-state index contributed by atoms with van der Waals surface area (Å²) in [5.74, 6) is -0.444. The lowest BCUT2D eigenvalue weighted by Gasteiger charge is -2.32. The average molecular weight is 387 g/mol. The van der Waals surface area contributed by atoms with Crippen LogP contribution < -0.4 is 4.90 Å². The van der Waals surface area contributed by atoms with E-state index in [9.17, 15) is 8.78 Å². The molecule has 0 N–H and O–H groups in total. The topological polar surface area (TPSA) is 38.2 Å². The van der Waals surface area contributed by atoms with Crippen molar-refractivity contribution >= 4 is 16.5 Å². The number of ether oxygens (including phenoxy) is 1. The van der Waals surface area contributed by atoms with E-state index >= 15 is 0 Å². The van der Waals surface area contributed by atoms with Crippen molar-refractivity contribution in [1.82, 2.24) is 10.2 Å². The van der Waals surface area contributed by atoms with Crippen molar-refractivity contribution in [2.45, 2.75) is 19.4 Å². The normalized spacial score (nSPS) is 17.3. The maximum Gasteiger partial charge on any atom is 0.208 e. The fourth-order valence-electron chi connectivity index (χ4n) is 3.14. The molecular weight excluding hydrogens is 368 g/mol. The third-order valence-electron chi connectivity index (χ3n) is 4.65. The van der Waals surface area contributed by atoms with E-state index in [0.717, 1.165) is 15.7 Å². The van der Waals surface area contributed by atoms with Gasteiger partial charge in [-0.05, 0) is 35.7 Å². The quantitative estimate of drug-likeness (QED) is 0.669. The van der Waals surface area contributed by atoms with Gasteiger partial charge in [-0.25, -0.2) is 8.78 Å². The van der Waals surface area contributed by atoms with Gasteiger partial charge in [0.05, 0.1) is 13.2 Å². The minimum Gasteiger partial charge on any atom is -0.370 e. The van der Waals surface area contributed by atoms with Gasteiger partial charge in [0.1, 0.15) is 22.7 Å². The van der Waals surface area contributed by atoms with E-state index in [0.29, 0.717) is 37.2 Å². The predicted molar refractivity (Wildman–Crippen MR) is 101 cm³/mol. The van der Waals surface area contributed by atoms with E-state index in [4.69, 9.17) is 4.74 Å². The number of benzene rings is 2. The number of aryl methyl sites for hydroxylation is 1. The lowest BCUT2D eigenvalue weighted by Crippen LogP contribution is -2.38. The van der Waals surface area contributed by atoms with Crippen molar-refractivity contribution in [3.8, 4) is 0 Å². The first-order valence-corrected chi connectivity index (χ1v) is 9.60. The monoisotopic (exact) mass is 387 g/mol. The highest BCUT2D eigenvalue weighted by molar-refractivity contribution is 7.15. The van der Waals surface area contributed by atoms with Gasteiger partial charge in [0, 0.05) is 13.0 Å². The van der Waals surface area contributed by atoms with Crippen molar-refractivity contribution in [3.05, 3.63) is 75.8 Å². The van der Waals surface area contributed by atoms with Crippen LogP contribution in [0.25, 0.3) is 0 Å². The van der Waals surface area contributed by atoms with Gasteiger partial charge in [-0.3, -0.25) is 0 Å². The molecule has 1 saturated heterocycles. The van der Waals surface area contributed by atoms with Gasteiger partial charge >= 0.3 is 0 Å². The van der Waals surface area contributed by atoms with E-state index in [1.54, 1.807) is 25.1 Å². The number of hydrogen-bond acceptors (Lipinski definition) is 5. The minimum atomic E-state index is -0.229. The standard InChI is InChI=1S/C20H19F2N3OS/c1-13-10-15(6-7-16(13)21)18-12-25(8-9-26-18)20-24-23-19(27-20)11-14-4-2-3-5-17(14)22/h2-7,10,18H,8-9,11-12H2,1H3. The summed E-state index contributed by atoms with van der Waals surface area (Å²) in [7, 11) is 0. The Hall–Kier alpha value is -2.38. The van der Waals surface area contributed by atoms with Gasteiger partial charge in [-0.1, -0.05) is 41.7 Å². The zero-order chi connectivity index (χ0) is 18.8. The molecule has 2 aromatic carbocycles. The summed E-state index contributed by atoms with van der Waals surface area (Å²) in [5.41, 5.74) is 2.17. The first-order valence-electron chi connectivity index (χ1n) is 8.78. The highest BCUT2D eigenvalue weighted by Gasteiger charge is 2.25. The van der Waals surface area contributed by atoms with Gasteiger partial charge in [-0.15, -0.1) is 10.2 Å². The molecule has 4 rings (SSSR count). The van der Waals surface area contributed by atoms with Crippen LogP contribution in [0.1, 0.15) is 27.8 Å². The molecule has 4 nitrogen and oxygen atoms in total. The molecule has 1 aromatic heterocycles. The third-order valence-corrected chi connectivity index (χ3v) is 5.63. The molecule has 1 unspecified atom stereocenters. The molecule has 27 heavy (non-hydrogen) atoms. The molecule has 0 bridgehead atoms. The second-order valence-electron chi connectivity index (χ2n) is 6.56. The van der Waals surface area contributed by atoms with Gasteiger partial charge in [-0.2, -0.15) is 0 Å². The van der Waals surface area contributed by atoms with Crippen LogP contribution in [-0.4, -0.2) is 29.9 Å². The van der Waals surface area contributed by atoms with E-state index in [1.807, 2.05) is 12.1 Å². The molecule has 0 radical (unpaired) electrons. The third kappa shape index (κ3) is 3.99. The van der Waals surface area contributed by atoms with Crippen LogP contribution in [0, 0.1) is 18.6 Å². The predicted octanol–water partition coefficient (Wildman–Crippen LogP) is 4.29. The van der Waals surface area contributed by atoms with Gasteiger partial charge in [0.2, 0.25) is 5.13 Å². The number of aromatic nitrogens is 2. The number of nitrogens with zero attached hydrogens (tertiary/aromatic N) is 3. The van der Waals surface area contributed by atoms with Crippen LogP contribution in [-0.2, 0) is 11.2 Å². The van der Waals surface area contributed by atoms with E-state index in [2.05, 4.69) is 15.1 Å². The zero-order valence-corrected chi connectivity index (χ0v) is 15.7. The molecule has 3 aromatic rings. The van der Waals surface area contributed by atoms with Crippen LogP contribution in [0.15, 0.2) is 42.5 Å². The lowest BCUT2D eigenvalue weighted by molar-refractivity contribution is 0.0397. The smallest absolute Gasteiger partial charge is 0.208 e. The number of anilines is 1. The summed E-state index contributed by atoms with van der Waals surface area (Å²) in [6, 6.07) is 11.8. The van der Waals surface area contributed by atoms with Crippen molar-refractivity contribution in [1.29, 1.82) is 0 Å². The molecule has 0 spiro atoms. The number of hydrogen-bond donors (Lipinski definition) is 0. The molecule has 1 fully saturated rings. The second-order valence-corrected chi connectivity index (χ2v) is 7.60.